The smallest absolute Gasteiger partial charge is 0.0395 e. The molecule has 2 rings (SSSR count). The summed E-state index contributed by atoms with van der Waals surface area (Å²) in [6.07, 6.45) is 3.38. The third kappa shape index (κ3) is 1.59. The maximum atomic E-state index is 2.55. The van der Waals surface area contributed by atoms with Crippen molar-refractivity contribution in [3.63, 3.8) is 0 Å². The molecule has 1 aromatic rings. The lowest BCUT2D eigenvalue weighted by molar-refractivity contribution is 0.117. The number of aromatic nitrogens is 1. The standard InChI is InChI=1S/C12H20N2/c1-12(2,3)14-8-6-10-5-7-13(4)11(10)9-14/h5,7H,6,8-9H2,1-4H3. The van der Waals surface area contributed by atoms with Gasteiger partial charge in [-0.15, -0.1) is 0 Å². The van der Waals surface area contributed by atoms with E-state index in [9.17, 15) is 0 Å². The Morgan fingerprint density at radius 1 is 1.29 bits per heavy atom. The van der Waals surface area contributed by atoms with E-state index < -0.39 is 0 Å². The third-order valence-corrected chi connectivity index (χ3v) is 3.24. The van der Waals surface area contributed by atoms with E-state index in [2.05, 4.69) is 49.5 Å². The third-order valence-electron chi connectivity index (χ3n) is 3.24. The molecule has 0 saturated heterocycles. The summed E-state index contributed by atoms with van der Waals surface area (Å²) in [6, 6.07) is 2.26. The van der Waals surface area contributed by atoms with Crippen molar-refractivity contribution in [3.05, 3.63) is 23.5 Å². The van der Waals surface area contributed by atoms with Crippen LogP contribution in [0.25, 0.3) is 0 Å². The Morgan fingerprint density at radius 2 is 2.00 bits per heavy atom. The van der Waals surface area contributed by atoms with Crippen molar-refractivity contribution < 1.29 is 0 Å². The SMILES string of the molecule is Cn1ccc2c1CN(C(C)(C)C)CC2. The lowest BCUT2D eigenvalue weighted by atomic mass is 10.00. The summed E-state index contributed by atoms with van der Waals surface area (Å²) in [5.41, 5.74) is 3.32. The van der Waals surface area contributed by atoms with Crippen LogP contribution in [0.15, 0.2) is 12.3 Å². The molecule has 1 aliphatic rings. The summed E-state index contributed by atoms with van der Waals surface area (Å²) < 4.78 is 2.26. The molecule has 2 nitrogen and oxygen atoms in total. The highest BCUT2D eigenvalue weighted by Crippen LogP contribution is 2.25. The van der Waals surface area contributed by atoms with Gasteiger partial charge in [0.25, 0.3) is 0 Å². The summed E-state index contributed by atoms with van der Waals surface area (Å²) in [4.78, 5) is 2.55. The van der Waals surface area contributed by atoms with Crippen LogP contribution in [-0.2, 0) is 20.0 Å². The molecule has 0 fully saturated rings. The number of rotatable bonds is 0. The van der Waals surface area contributed by atoms with E-state index in [0.717, 1.165) is 6.54 Å². The molecule has 0 N–H and O–H groups in total. The van der Waals surface area contributed by atoms with Crippen LogP contribution >= 0.6 is 0 Å². The number of aryl methyl sites for hydroxylation is 1. The Kier molecular flexibility index (Phi) is 2.18. The van der Waals surface area contributed by atoms with E-state index in [1.165, 1.54) is 24.2 Å². The molecular formula is C12H20N2. The number of nitrogens with zero attached hydrogens (tertiary/aromatic N) is 2. The van der Waals surface area contributed by atoms with E-state index in [1.54, 1.807) is 0 Å². The predicted octanol–water partition coefficient (Wildman–Crippen LogP) is 2.18. The quantitative estimate of drug-likeness (QED) is 0.611. The highest BCUT2D eigenvalue weighted by atomic mass is 15.2. The van der Waals surface area contributed by atoms with Crippen molar-refractivity contribution in [2.24, 2.45) is 7.05 Å². The van der Waals surface area contributed by atoms with Gasteiger partial charge in [-0.1, -0.05) is 0 Å². The average molecular weight is 192 g/mol. The molecule has 0 bridgehead atoms. The van der Waals surface area contributed by atoms with Gasteiger partial charge in [-0.2, -0.15) is 0 Å². The van der Waals surface area contributed by atoms with Gasteiger partial charge in [0.1, 0.15) is 0 Å². The Morgan fingerprint density at radius 3 is 2.64 bits per heavy atom. The number of fused-ring (bicyclic) bond motifs is 1. The summed E-state index contributed by atoms with van der Waals surface area (Å²) in [7, 11) is 2.14. The van der Waals surface area contributed by atoms with Crippen LogP contribution in [0.1, 0.15) is 32.0 Å². The Bertz CT molecular complexity index is 331. The van der Waals surface area contributed by atoms with Crippen molar-refractivity contribution in [1.29, 1.82) is 0 Å². The van der Waals surface area contributed by atoms with Crippen molar-refractivity contribution in [2.45, 2.75) is 39.3 Å². The zero-order valence-corrected chi connectivity index (χ0v) is 9.67. The second-order valence-electron chi connectivity index (χ2n) is 5.24. The van der Waals surface area contributed by atoms with E-state index in [4.69, 9.17) is 0 Å². The first kappa shape index (κ1) is 9.78. The van der Waals surface area contributed by atoms with Crippen LogP contribution in [0.4, 0.5) is 0 Å². The normalized spacial score (nSPS) is 18.3. The Labute approximate surface area is 86.5 Å². The number of hydrogen-bond acceptors (Lipinski definition) is 1. The Balaban J connectivity index is 2.24. The van der Waals surface area contributed by atoms with E-state index >= 15 is 0 Å². The predicted molar refractivity (Wildman–Crippen MR) is 59.3 cm³/mol. The molecule has 14 heavy (non-hydrogen) atoms. The second-order valence-corrected chi connectivity index (χ2v) is 5.24. The van der Waals surface area contributed by atoms with E-state index in [0.29, 0.717) is 5.54 Å². The van der Waals surface area contributed by atoms with Gasteiger partial charge < -0.3 is 4.57 Å². The number of hydrogen-bond donors (Lipinski definition) is 0. The van der Waals surface area contributed by atoms with Crippen LogP contribution < -0.4 is 0 Å². The average Bonchev–Trinajstić information content (AvgIpc) is 2.46. The molecule has 0 aliphatic carbocycles. The molecule has 0 unspecified atom stereocenters. The Hall–Kier alpha value is -0.760. The van der Waals surface area contributed by atoms with Crippen molar-refractivity contribution >= 4 is 0 Å². The fourth-order valence-corrected chi connectivity index (χ4v) is 2.14. The molecule has 0 saturated carbocycles. The molecule has 0 aromatic carbocycles. The van der Waals surface area contributed by atoms with Gasteiger partial charge in [0.05, 0.1) is 0 Å². The lowest BCUT2D eigenvalue weighted by Gasteiger charge is -2.38. The van der Waals surface area contributed by atoms with Crippen molar-refractivity contribution in [1.82, 2.24) is 9.47 Å². The molecular weight excluding hydrogens is 172 g/mol. The summed E-state index contributed by atoms with van der Waals surface area (Å²) >= 11 is 0. The van der Waals surface area contributed by atoms with Crippen LogP contribution in [0, 0.1) is 0 Å². The molecule has 0 spiro atoms. The van der Waals surface area contributed by atoms with Crippen molar-refractivity contribution in [2.75, 3.05) is 6.54 Å². The van der Waals surface area contributed by atoms with Crippen LogP contribution in [0.5, 0.6) is 0 Å². The summed E-state index contributed by atoms with van der Waals surface area (Å²) in [5, 5.41) is 0. The van der Waals surface area contributed by atoms with Gasteiger partial charge in [0.15, 0.2) is 0 Å². The van der Waals surface area contributed by atoms with Gasteiger partial charge in [-0.25, -0.2) is 0 Å². The fourth-order valence-electron chi connectivity index (χ4n) is 2.14. The maximum absolute atomic E-state index is 2.55. The maximum Gasteiger partial charge on any atom is 0.0395 e. The molecule has 0 amide bonds. The zero-order chi connectivity index (χ0) is 10.3. The first-order valence-corrected chi connectivity index (χ1v) is 5.36. The molecule has 2 heteroatoms. The highest BCUT2D eigenvalue weighted by molar-refractivity contribution is 5.25. The first-order chi connectivity index (χ1) is 6.48. The first-order valence-electron chi connectivity index (χ1n) is 5.36. The molecule has 0 atom stereocenters. The minimum atomic E-state index is 0.294. The molecule has 78 valence electrons. The summed E-state index contributed by atoms with van der Waals surface area (Å²) in [6.45, 7) is 9.17. The van der Waals surface area contributed by atoms with Gasteiger partial charge in [0, 0.05) is 37.6 Å². The zero-order valence-electron chi connectivity index (χ0n) is 9.67. The minimum absolute atomic E-state index is 0.294. The van der Waals surface area contributed by atoms with Gasteiger partial charge in [0.2, 0.25) is 0 Å². The topological polar surface area (TPSA) is 8.17 Å². The largest absolute Gasteiger partial charge is 0.353 e. The minimum Gasteiger partial charge on any atom is -0.353 e. The van der Waals surface area contributed by atoms with Crippen LogP contribution in [0.3, 0.4) is 0 Å². The molecule has 1 aromatic heterocycles. The second kappa shape index (κ2) is 3.13. The van der Waals surface area contributed by atoms with Crippen LogP contribution in [-0.4, -0.2) is 21.6 Å². The highest BCUT2D eigenvalue weighted by Gasteiger charge is 2.26. The molecule has 1 aliphatic heterocycles. The van der Waals surface area contributed by atoms with E-state index in [-0.39, 0.29) is 0 Å². The fraction of sp³-hybridized carbons (Fsp3) is 0.667. The van der Waals surface area contributed by atoms with Gasteiger partial charge in [-0.05, 0) is 38.8 Å². The van der Waals surface area contributed by atoms with Crippen LogP contribution in [0.2, 0.25) is 0 Å². The molecule has 0 radical (unpaired) electrons. The summed E-state index contributed by atoms with van der Waals surface area (Å²) in [5.74, 6) is 0. The molecule has 2 heterocycles. The monoisotopic (exact) mass is 192 g/mol. The van der Waals surface area contributed by atoms with Crippen molar-refractivity contribution in [3.8, 4) is 0 Å². The van der Waals surface area contributed by atoms with Gasteiger partial charge in [-0.3, -0.25) is 4.90 Å². The lowest BCUT2D eigenvalue weighted by Crippen LogP contribution is -2.44. The van der Waals surface area contributed by atoms with Gasteiger partial charge >= 0.3 is 0 Å². The van der Waals surface area contributed by atoms with E-state index in [1.807, 2.05) is 0 Å².